The molecule has 1 aromatic rings. The van der Waals surface area contributed by atoms with E-state index in [1.165, 1.54) is 0 Å². The molecule has 1 aromatic carbocycles. The number of phenols is 2. The van der Waals surface area contributed by atoms with Crippen LogP contribution in [0.2, 0.25) is 0 Å². The highest BCUT2D eigenvalue weighted by molar-refractivity contribution is 6.00. The number of rotatable bonds is 3. The number of carbonyl (C=O) groups excluding carboxylic acids is 1. The van der Waals surface area contributed by atoms with Crippen molar-refractivity contribution in [2.75, 3.05) is 6.67 Å². The number of alkyl halides is 1. The maximum Gasteiger partial charge on any atom is 0.207 e. The molecule has 0 atom stereocenters. The monoisotopic (exact) mass is 274 g/mol. The summed E-state index contributed by atoms with van der Waals surface area (Å²) < 4.78 is 40.2. The van der Waals surface area contributed by atoms with Crippen LogP contribution in [0, 0.1) is 11.6 Å². The molecular formula is C13H13F3O3. The van der Waals surface area contributed by atoms with Crippen LogP contribution < -0.4 is 0 Å². The molecule has 0 spiro atoms. The zero-order chi connectivity index (χ0) is 14.2. The second-order valence-corrected chi connectivity index (χ2v) is 4.65. The number of hydrogen-bond acceptors (Lipinski definition) is 3. The van der Waals surface area contributed by atoms with Crippen molar-refractivity contribution in [1.82, 2.24) is 0 Å². The summed E-state index contributed by atoms with van der Waals surface area (Å²) in [5.41, 5.74) is -1.34. The van der Waals surface area contributed by atoms with Gasteiger partial charge in [0.25, 0.3) is 0 Å². The Balaban J connectivity index is 2.66. The fourth-order valence-corrected chi connectivity index (χ4v) is 2.59. The molecular weight excluding hydrogens is 261 g/mol. The Morgan fingerprint density at radius 1 is 1.11 bits per heavy atom. The van der Waals surface area contributed by atoms with Gasteiger partial charge < -0.3 is 10.2 Å². The fraction of sp³-hybridized carbons (Fsp3) is 0.462. The molecule has 1 aliphatic carbocycles. The van der Waals surface area contributed by atoms with E-state index in [-0.39, 0.29) is 5.56 Å². The van der Waals surface area contributed by atoms with E-state index in [0.717, 1.165) is 12.8 Å². The van der Waals surface area contributed by atoms with Gasteiger partial charge in [-0.15, -0.1) is 0 Å². The summed E-state index contributed by atoms with van der Waals surface area (Å²) in [7, 11) is 0. The van der Waals surface area contributed by atoms with E-state index in [9.17, 15) is 28.2 Å². The van der Waals surface area contributed by atoms with Crippen LogP contribution in [0.4, 0.5) is 13.2 Å². The molecule has 0 bridgehead atoms. The molecule has 0 radical (unpaired) electrons. The minimum Gasteiger partial charge on any atom is -0.504 e. The molecule has 0 aromatic heterocycles. The third-order valence-electron chi connectivity index (χ3n) is 3.53. The topological polar surface area (TPSA) is 57.5 Å². The van der Waals surface area contributed by atoms with Gasteiger partial charge in [0.1, 0.15) is 11.4 Å². The molecule has 19 heavy (non-hydrogen) atoms. The second kappa shape index (κ2) is 5.11. The van der Waals surface area contributed by atoms with Gasteiger partial charge in [0.05, 0.1) is 0 Å². The normalized spacial score (nSPS) is 15.9. The van der Waals surface area contributed by atoms with Gasteiger partial charge in [-0.2, -0.15) is 4.39 Å². The lowest BCUT2D eigenvalue weighted by Gasteiger charge is -2.16. The van der Waals surface area contributed by atoms with Crippen LogP contribution >= 0.6 is 0 Å². The maximum absolute atomic E-state index is 14.2. The van der Waals surface area contributed by atoms with Crippen LogP contribution in [0.25, 0.3) is 0 Å². The van der Waals surface area contributed by atoms with Gasteiger partial charge >= 0.3 is 0 Å². The lowest BCUT2D eigenvalue weighted by atomic mass is 9.92. The summed E-state index contributed by atoms with van der Waals surface area (Å²) in [6, 6.07) is 0. The second-order valence-electron chi connectivity index (χ2n) is 4.65. The van der Waals surface area contributed by atoms with Crippen LogP contribution in [-0.4, -0.2) is 22.7 Å². The lowest BCUT2D eigenvalue weighted by molar-refractivity contribution is 0.0950. The fourth-order valence-electron chi connectivity index (χ4n) is 2.59. The van der Waals surface area contributed by atoms with Crippen molar-refractivity contribution in [2.24, 2.45) is 0 Å². The molecule has 6 heteroatoms. The summed E-state index contributed by atoms with van der Waals surface area (Å²) in [5, 5.41) is 19.0. The number of Topliss-reactive ketones (excluding diaryl/α,β-unsaturated/α-hetero) is 1. The van der Waals surface area contributed by atoms with Gasteiger partial charge in [-0.05, 0) is 18.8 Å². The highest BCUT2D eigenvalue weighted by Gasteiger charge is 2.32. The minimum atomic E-state index is -1.54. The molecule has 104 valence electrons. The van der Waals surface area contributed by atoms with E-state index < -0.39 is 47.1 Å². The standard InChI is InChI=1S/C13H13F3O3/c14-5-7(17)9-10(15)8(6-3-1-2-4-6)12(18)11(16)13(9)19/h6,18-19H,1-5H2. The number of hydrogen-bond donors (Lipinski definition) is 2. The molecule has 2 N–H and O–H groups in total. The van der Waals surface area contributed by atoms with Crippen LogP contribution in [0.3, 0.4) is 0 Å². The predicted octanol–water partition coefficient (Wildman–Crippen LogP) is 3.19. The Bertz CT molecular complexity index is 523. The molecule has 0 aliphatic heterocycles. The lowest BCUT2D eigenvalue weighted by Crippen LogP contribution is -2.11. The molecule has 1 saturated carbocycles. The van der Waals surface area contributed by atoms with Crippen LogP contribution in [-0.2, 0) is 0 Å². The van der Waals surface area contributed by atoms with Gasteiger partial charge in [-0.1, -0.05) is 12.8 Å². The van der Waals surface area contributed by atoms with Gasteiger partial charge in [0.2, 0.25) is 11.6 Å². The van der Waals surface area contributed by atoms with E-state index >= 15 is 0 Å². The van der Waals surface area contributed by atoms with Gasteiger partial charge in [-0.25, -0.2) is 8.78 Å². The first-order valence-electron chi connectivity index (χ1n) is 6.01. The summed E-state index contributed by atoms with van der Waals surface area (Å²) in [6.45, 7) is -1.54. The van der Waals surface area contributed by atoms with E-state index in [1.807, 2.05) is 0 Å². The Labute approximate surface area is 107 Å². The minimum absolute atomic E-state index is 0.329. The quantitative estimate of drug-likeness (QED) is 0.832. The third kappa shape index (κ3) is 2.15. The number of phenolic OH excluding ortho intramolecular Hbond substituents is 2. The number of carbonyl (C=O) groups is 1. The average molecular weight is 274 g/mol. The Morgan fingerprint density at radius 3 is 2.21 bits per heavy atom. The van der Waals surface area contributed by atoms with Crippen LogP contribution in [0.5, 0.6) is 11.5 Å². The number of benzene rings is 1. The first-order valence-corrected chi connectivity index (χ1v) is 6.01. The molecule has 1 aliphatic rings. The highest BCUT2D eigenvalue weighted by Crippen LogP contribution is 2.44. The molecule has 0 amide bonds. The highest BCUT2D eigenvalue weighted by atomic mass is 19.1. The van der Waals surface area contributed by atoms with Crippen molar-refractivity contribution >= 4 is 5.78 Å². The average Bonchev–Trinajstić information content (AvgIpc) is 2.90. The van der Waals surface area contributed by atoms with Crippen molar-refractivity contribution in [3.63, 3.8) is 0 Å². The molecule has 2 rings (SSSR count). The summed E-state index contributed by atoms with van der Waals surface area (Å²) >= 11 is 0. The predicted molar refractivity (Wildman–Crippen MR) is 61.2 cm³/mol. The number of ketones is 1. The Kier molecular flexibility index (Phi) is 3.68. The zero-order valence-corrected chi connectivity index (χ0v) is 10.0. The molecule has 1 fully saturated rings. The van der Waals surface area contributed by atoms with Crippen molar-refractivity contribution in [2.45, 2.75) is 31.6 Å². The molecule has 3 nitrogen and oxygen atoms in total. The smallest absolute Gasteiger partial charge is 0.207 e. The largest absolute Gasteiger partial charge is 0.504 e. The van der Waals surface area contributed by atoms with Crippen molar-refractivity contribution < 1.29 is 28.2 Å². The maximum atomic E-state index is 14.2. The summed E-state index contributed by atoms with van der Waals surface area (Å²) in [5.74, 6) is -6.77. The molecule has 0 heterocycles. The summed E-state index contributed by atoms with van der Waals surface area (Å²) in [6.07, 6.45) is 2.72. The van der Waals surface area contributed by atoms with E-state index in [2.05, 4.69) is 0 Å². The van der Waals surface area contributed by atoms with Gasteiger partial charge in [0.15, 0.2) is 18.2 Å². The van der Waals surface area contributed by atoms with E-state index in [0.29, 0.717) is 12.8 Å². The SMILES string of the molecule is O=C(CF)c1c(O)c(F)c(O)c(C2CCCC2)c1F. The van der Waals surface area contributed by atoms with Crippen molar-refractivity contribution in [3.05, 3.63) is 22.8 Å². The third-order valence-corrected chi connectivity index (χ3v) is 3.53. The number of halogens is 3. The van der Waals surface area contributed by atoms with Gasteiger partial charge in [-0.3, -0.25) is 4.79 Å². The first kappa shape index (κ1) is 13.7. The summed E-state index contributed by atoms with van der Waals surface area (Å²) in [4.78, 5) is 11.3. The molecule has 0 unspecified atom stereocenters. The van der Waals surface area contributed by atoms with Crippen LogP contribution in [0.15, 0.2) is 0 Å². The van der Waals surface area contributed by atoms with Crippen molar-refractivity contribution in [3.8, 4) is 11.5 Å². The van der Waals surface area contributed by atoms with Gasteiger partial charge in [0, 0.05) is 5.56 Å². The Morgan fingerprint density at radius 2 is 1.68 bits per heavy atom. The van der Waals surface area contributed by atoms with E-state index in [4.69, 9.17) is 0 Å². The van der Waals surface area contributed by atoms with Crippen LogP contribution in [0.1, 0.15) is 47.5 Å². The zero-order valence-electron chi connectivity index (χ0n) is 10.0. The Hall–Kier alpha value is -1.72. The number of aromatic hydroxyl groups is 2. The van der Waals surface area contributed by atoms with Crippen molar-refractivity contribution in [1.29, 1.82) is 0 Å². The first-order chi connectivity index (χ1) is 8.99. The molecule has 0 saturated heterocycles. The van der Waals surface area contributed by atoms with E-state index in [1.54, 1.807) is 0 Å².